The molecule has 0 fully saturated rings. The molecule has 0 atom stereocenters. The second kappa shape index (κ2) is 5.36. The molecule has 0 aliphatic rings. The lowest BCUT2D eigenvalue weighted by molar-refractivity contribution is -0.119. The van der Waals surface area contributed by atoms with Gasteiger partial charge in [-0.2, -0.15) is 13.2 Å². The smallest absolute Gasteiger partial charge is 0.395 e. The van der Waals surface area contributed by atoms with Crippen molar-refractivity contribution in [3.63, 3.8) is 0 Å². The van der Waals surface area contributed by atoms with Gasteiger partial charge in [0.15, 0.2) is 0 Å². The molecule has 7 heteroatoms. The zero-order valence-electron chi connectivity index (χ0n) is 8.21. The van der Waals surface area contributed by atoms with Crippen LogP contribution >= 0.6 is 11.6 Å². The van der Waals surface area contributed by atoms with E-state index in [1.54, 1.807) is 0 Å². The van der Waals surface area contributed by atoms with Crippen molar-refractivity contribution in [1.29, 1.82) is 0 Å². The van der Waals surface area contributed by atoms with Crippen molar-refractivity contribution in [3.05, 3.63) is 23.4 Å². The highest BCUT2D eigenvalue weighted by molar-refractivity contribution is 6.32. The molecule has 0 bridgehead atoms. The number of aliphatic hydroxyl groups excluding tert-OH is 1. The van der Waals surface area contributed by atoms with E-state index in [1.807, 2.05) is 0 Å². The average molecular weight is 255 g/mol. The van der Waals surface area contributed by atoms with Crippen molar-refractivity contribution in [2.75, 3.05) is 24.6 Å². The number of pyridine rings is 1. The maximum absolute atomic E-state index is 12.3. The molecular weight excluding hydrogens is 245 g/mol. The highest BCUT2D eigenvalue weighted by Crippen LogP contribution is 2.25. The minimum absolute atomic E-state index is 0.0236. The van der Waals surface area contributed by atoms with Gasteiger partial charge in [0.2, 0.25) is 0 Å². The Labute approximate surface area is 95.5 Å². The number of aliphatic hydroxyl groups is 1. The van der Waals surface area contributed by atoms with Crippen LogP contribution in [0, 0.1) is 0 Å². The number of hydrogen-bond acceptors (Lipinski definition) is 3. The minimum Gasteiger partial charge on any atom is -0.395 e. The van der Waals surface area contributed by atoms with Crippen LogP contribution in [0.5, 0.6) is 0 Å². The van der Waals surface area contributed by atoms with Crippen LogP contribution in [-0.4, -0.2) is 36.0 Å². The molecule has 1 rings (SSSR count). The Balaban J connectivity index is 2.89. The van der Waals surface area contributed by atoms with Gasteiger partial charge in [0.05, 0.1) is 11.6 Å². The molecule has 90 valence electrons. The molecule has 0 saturated heterocycles. The fourth-order valence-electron chi connectivity index (χ4n) is 1.21. The summed E-state index contributed by atoms with van der Waals surface area (Å²) in [5.41, 5.74) is 0. The third kappa shape index (κ3) is 3.86. The molecule has 0 unspecified atom stereocenters. The van der Waals surface area contributed by atoms with Gasteiger partial charge in [0, 0.05) is 12.7 Å². The van der Waals surface area contributed by atoms with E-state index in [4.69, 9.17) is 16.7 Å². The Morgan fingerprint density at radius 2 is 2.12 bits per heavy atom. The number of alkyl halides is 3. The van der Waals surface area contributed by atoms with E-state index in [9.17, 15) is 13.2 Å². The summed E-state index contributed by atoms with van der Waals surface area (Å²) in [5, 5.41) is 8.83. The summed E-state index contributed by atoms with van der Waals surface area (Å²) in [6.45, 7) is -1.76. The van der Waals surface area contributed by atoms with Crippen LogP contribution in [-0.2, 0) is 0 Å². The predicted octanol–water partition coefficient (Wildman–Crippen LogP) is 2.10. The zero-order chi connectivity index (χ0) is 12.2. The van der Waals surface area contributed by atoms with Gasteiger partial charge in [-0.05, 0) is 12.1 Å². The summed E-state index contributed by atoms with van der Waals surface area (Å²) in [4.78, 5) is 4.66. The van der Waals surface area contributed by atoms with E-state index in [0.29, 0.717) is 0 Å². The highest BCUT2D eigenvalue weighted by atomic mass is 35.5. The second-order valence-corrected chi connectivity index (χ2v) is 3.48. The van der Waals surface area contributed by atoms with Crippen molar-refractivity contribution in [1.82, 2.24) is 4.98 Å². The number of hydrogen-bond donors (Lipinski definition) is 1. The maximum Gasteiger partial charge on any atom is 0.405 e. The zero-order valence-corrected chi connectivity index (χ0v) is 8.96. The minimum atomic E-state index is -4.37. The maximum atomic E-state index is 12.3. The fraction of sp³-hybridized carbons (Fsp3) is 0.444. The van der Waals surface area contributed by atoms with Gasteiger partial charge in [-0.15, -0.1) is 0 Å². The van der Waals surface area contributed by atoms with Crippen LogP contribution in [0.3, 0.4) is 0 Å². The third-order valence-electron chi connectivity index (χ3n) is 1.78. The molecule has 1 N–H and O–H groups in total. The van der Waals surface area contributed by atoms with Crippen LogP contribution < -0.4 is 4.90 Å². The number of rotatable bonds is 4. The number of halogens is 4. The van der Waals surface area contributed by atoms with Gasteiger partial charge in [-0.3, -0.25) is 0 Å². The molecule has 1 heterocycles. The first-order valence-corrected chi connectivity index (χ1v) is 4.85. The SMILES string of the molecule is OCCN(CC(F)(F)F)c1ncccc1Cl. The normalized spacial score (nSPS) is 11.6. The summed E-state index contributed by atoms with van der Waals surface area (Å²) >= 11 is 5.73. The highest BCUT2D eigenvalue weighted by Gasteiger charge is 2.31. The Morgan fingerprint density at radius 1 is 1.44 bits per heavy atom. The first-order valence-electron chi connectivity index (χ1n) is 4.47. The molecule has 1 aromatic heterocycles. The quantitative estimate of drug-likeness (QED) is 0.894. The monoisotopic (exact) mass is 254 g/mol. The third-order valence-corrected chi connectivity index (χ3v) is 2.07. The van der Waals surface area contributed by atoms with Crippen molar-refractivity contribution >= 4 is 17.4 Å². The molecule has 0 radical (unpaired) electrons. The van der Waals surface area contributed by atoms with E-state index >= 15 is 0 Å². The summed E-state index contributed by atoms with van der Waals surface area (Å²) in [6.07, 6.45) is -3.02. The summed E-state index contributed by atoms with van der Waals surface area (Å²) in [7, 11) is 0. The number of anilines is 1. The molecule has 0 saturated carbocycles. The number of aromatic nitrogens is 1. The van der Waals surface area contributed by atoms with E-state index in [0.717, 1.165) is 4.90 Å². The van der Waals surface area contributed by atoms with Crippen LogP contribution in [0.4, 0.5) is 19.0 Å². The first kappa shape index (κ1) is 13.1. The lowest BCUT2D eigenvalue weighted by Crippen LogP contribution is -2.37. The Hall–Kier alpha value is -1.01. The van der Waals surface area contributed by atoms with E-state index in [-0.39, 0.29) is 17.4 Å². The average Bonchev–Trinajstić information content (AvgIpc) is 2.16. The van der Waals surface area contributed by atoms with Crippen molar-refractivity contribution in [2.24, 2.45) is 0 Å². The lowest BCUT2D eigenvalue weighted by atomic mass is 10.4. The molecule has 3 nitrogen and oxygen atoms in total. The molecule has 1 aromatic rings. The summed E-state index contributed by atoms with van der Waals surface area (Å²) in [5.74, 6) is 0.0236. The fourth-order valence-corrected chi connectivity index (χ4v) is 1.45. The summed E-state index contributed by atoms with van der Waals surface area (Å²) in [6, 6.07) is 2.97. The topological polar surface area (TPSA) is 36.4 Å². The van der Waals surface area contributed by atoms with Gasteiger partial charge in [-0.25, -0.2) is 4.98 Å². The Morgan fingerprint density at radius 3 is 2.62 bits per heavy atom. The molecule has 0 aromatic carbocycles. The van der Waals surface area contributed by atoms with Crippen LogP contribution in [0.2, 0.25) is 5.02 Å². The second-order valence-electron chi connectivity index (χ2n) is 3.07. The largest absolute Gasteiger partial charge is 0.405 e. The van der Waals surface area contributed by atoms with E-state index < -0.39 is 19.3 Å². The van der Waals surface area contributed by atoms with E-state index in [1.165, 1.54) is 18.3 Å². The predicted molar refractivity (Wildman–Crippen MR) is 54.6 cm³/mol. The summed E-state index contributed by atoms with van der Waals surface area (Å²) < 4.78 is 36.8. The van der Waals surface area contributed by atoms with Crippen LogP contribution in [0.25, 0.3) is 0 Å². The Kier molecular flexibility index (Phi) is 4.37. The molecular formula is C9H10ClF3N2O. The van der Waals surface area contributed by atoms with Crippen LogP contribution in [0.1, 0.15) is 0 Å². The van der Waals surface area contributed by atoms with Crippen molar-refractivity contribution < 1.29 is 18.3 Å². The lowest BCUT2D eigenvalue weighted by Gasteiger charge is -2.24. The molecule has 0 aliphatic heterocycles. The first-order chi connectivity index (χ1) is 7.44. The molecule has 0 aliphatic carbocycles. The Bertz CT molecular complexity index is 346. The van der Waals surface area contributed by atoms with Gasteiger partial charge in [0.1, 0.15) is 12.4 Å². The van der Waals surface area contributed by atoms with Crippen LogP contribution in [0.15, 0.2) is 18.3 Å². The molecule has 16 heavy (non-hydrogen) atoms. The molecule has 0 amide bonds. The van der Waals surface area contributed by atoms with E-state index in [2.05, 4.69) is 4.98 Å². The molecule has 0 spiro atoms. The van der Waals surface area contributed by atoms with Gasteiger partial charge < -0.3 is 10.0 Å². The van der Waals surface area contributed by atoms with Crippen molar-refractivity contribution in [3.8, 4) is 0 Å². The van der Waals surface area contributed by atoms with Gasteiger partial charge in [-0.1, -0.05) is 11.6 Å². The van der Waals surface area contributed by atoms with Gasteiger partial charge in [0.25, 0.3) is 0 Å². The van der Waals surface area contributed by atoms with Crippen molar-refractivity contribution in [2.45, 2.75) is 6.18 Å². The number of nitrogens with zero attached hydrogens (tertiary/aromatic N) is 2. The van der Waals surface area contributed by atoms with Gasteiger partial charge >= 0.3 is 6.18 Å². The standard InChI is InChI=1S/C9H10ClF3N2O/c10-7-2-1-3-14-8(7)15(4-5-16)6-9(11,12)13/h1-3,16H,4-6H2.